The van der Waals surface area contributed by atoms with Crippen molar-refractivity contribution in [3.8, 4) is 11.6 Å². The molecule has 7 nitrogen and oxygen atoms in total. The van der Waals surface area contributed by atoms with Gasteiger partial charge >= 0.3 is 5.69 Å². The van der Waals surface area contributed by atoms with Crippen LogP contribution < -0.4 is 10.1 Å². The van der Waals surface area contributed by atoms with Gasteiger partial charge in [-0.1, -0.05) is 24.3 Å². The third-order valence-corrected chi connectivity index (χ3v) is 4.35. The van der Waals surface area contributed by atoms with Gasteiger partial charge in [0.15, 0.2) is 5.69 Å². The zero-order chi connectivity index (χ0) is 21.7. The molecule has 1 aromatic heterocycles. The van der Waals surface area contributed by atoms with E-state index in [0.717, 1.165) is 16.7 Å². The largest absolute Gasteiger partial charge is 0.438 e. The summed E-state index contributed by atoms with van der Waals surface area (Å²) in [6.45, 7) is 12.9. The average molecular weight is 400 g/mol. The van der Waals surface area contributed by atoms with Crippen molar-refractivity contribution in [3.63, 3.8) is 0 Å². The molecule has 0 saturated heterocycles. The smallest absolute Gasteiger partial charge is 0.311 e. The second-order valence-electron chi connectivity index (χ2n) is 6.64. The van der Waals surface area contributed by atoms with Crippen molar-refractivity contribution >= 4 is 29.0 Å². The van der Waals surface area contributed by atoms with Crippen LogP contribution in [0.4, 0.5) is 22.9 Å². The van der Waals surface area contributed by atoms with Crippen LogP contribution in [-0.2, 0) is 0 Å². The maximum atomic E-state index is 11.4. The maximum Gasteiger partial charge on any atom is 0.311 e. The predicted octanol–water partition coefficient (Wildman–Crippen LogP) is 6.73. The Hall–Kier alpha value is -4.18. The van der Waals surface area contributed by atoms with Gasteiger partial charge in [0, 0.05) is 17.8 Å². The Morgan fingerprint density at radius 3 is 2.37 bits per heavy atom. The number of aryl methyl sites for hydroxylation is 2. The van der Waals surface area contributed by atoms with Crippen LogP contribution in [0.3, 0.4) is 0 Å². The number of hydrogen-bond donors (Lipinski definition) is 1. The molecule has 2 aromatic carbocycles. The molecule has 7 heteroatoms. The van der Waals surface area contributed by atoms with Crippen molar-refractivity contribution in [1.82, 2.24) is 4.98 Å². The van der Waals surface area contributed by atoms with Crippen molar-refractivity contribution in [3.05, 3.63) is 92.8 Å². The third kappa shape index (κ3) is 4.62. The minimum absolute atomic E-state index is 0.0638. The molecule has 0 aliphatic heterocycles. The number of anilines is 2. The lowest BCUT2D eigenvalue weighted by atomic mass is 10.1. The highest BCUT2D eigenvalue weighted by Gasteiger charge is 2.18. The van der Waals surface area contributed by atoms with Gasteiger partial charge in [-0.2, -0.15) is 4.98 Å². The van der Waals surface area contributed by atoms with Gasteiger partial charge in [-0.05, 0) is 61.7 Å². The van der Waals surface area contributed by atoms with Crippen LogP contribution in [0.5, 0.6) is 11.6 Å². The zero-order valence-corrected chi connectivity index (χ0v) is 16.8. The first-order chi connectivity index (χ1) is 14.4. The van der Waals surface area contributed by atoms with E-state index in [9.17, 15) is 10.1 Å². The Bertz CT molecular complexity index is 1140. The molecule has 3 rings (SSSR count). The highest BCUT2D eigenvalue weighted by Crippen LogP contribution is 2.33. The summed E-state index contributed by atoms with van der Waals surface area (Å²) in [5.41, 5.74) is 3.83. The fraction of sp³-hybridized carbons (Fsp3) is 0.130. The van der Waals surface area contributed by atoms with E-state index in [1.165, 1.54) is 12.1 Å². The Kier molecular flexibility index (Phi) is 6.08. The monoisotopic (exact) mass is 400 g/mol. The highest BCUT2D eigenvalue weighted by molar-refractivity contribution is 5.68. The van der Waals surface area contributed by atoms with Crippen molar-refractivity contribution in [2.45, 2.75) is 20.8 Å². The molecule has 0 aliphatic carbocycles. The van der Waals surface area contributed by atoms with Crippen LogP contribution in [0.1, 0.15) is 23.6 Å². The summed E-state index contributed by atoms with van der Waals surface area (Å²) in [7, 11) is 0. The SMILES string of the molecule is [C-]#[N+]c1ccc(Nc2nc(Oc3c(C)cc(/C=C/C)cc3C)ccc2[N+](=O)[O-])cc1. The molecule has 0 radical (unpaired) electrons. The number of hydrogen-bond acceptors (Lipinski definition) is 5. The first kappa shape index (κ1) is 20.6. The van der Waals surface area contributed by atoms with Crippen LogP contribution in [-0.4, -0.2) is 9.91 Å². The Balaban J connectivity index is 1.94. The van der Waals surface area contributed by atoms with E-state index in [1.54, 1.807) is 24.3 Å². The molecule has 3 aromatic rings. The maximum absolute atomic E-state index is 11.4. The number of nitrogens with zero attached hydrogens (tertiary/aromatic N) is 3. The molecular formula is C23H20N4O3. The standard InChI is InChI=1S/C23H20N4O3/c1-5-6-17-13-15(2)22(16(3)14-17)30-21-12-11-20(27(28)29)23(26-21)25-19-9-7-18(24-4)8-10-19/h5-14H,1-3H3,(H,25,26)/b6-5+. The van der Waals surface area contributed by atoms with Gasteiger partial charge in [-0.15, -0.1) is 0 Å². The van der Waals surface area contributed by atoms with Crippen LogP contribution in [0, 0.1) is 30.5 Å². The molecule has 0 spiro atoms. The lowest BCUT2D eigenvalue weighted by molar-refractivity contribution is -0.384. The molecule has 1 heterocycles. The third-order valence-electron chi connectivity index (χ3n) is 4.35. The predicted molar refractivity (Wildman–Crippen MR) is 118 cm³/mol. The van der Waals surface area contributed by atoms with Gasteiger partial charge in [0.05, 0.1) is 11.5 Å². The van der Waals surface area contributed by atoms with Crippen molar-refractivity contribution in [2.75, 3.05) is 5.32 Å². The highest BCUT2D eigenvalue weighted by atomic mass is 16.6. The molecule has 0 aliphatic rings. The Morgan fingerprint density at radius 1 is 1.13 bits per heavy atom. The molecule has 0 bridgehead atoms. The summed E-state index contributed by atoms with van der Waals surface area (Å²) in [5, 5.41) is 14.4. The van der Waals surface area contributed by atoms with Gasteiger partial charge in [0.2, 0.25) is 11.7 Å². The van der Waals surface area contributed by atoms with Crippen molar-refractivity contribution in [2.24, 2.45) is 0 Å². The average Bonchev–Trinajstić information content (AvgIpc) is 2.71. The van der Waals surface area contributed by atoms with Crippen LogP contribution in [0.25, 0.3) is 10.9 Å². The second-order valence-corrected chi connectivity index (χ2v) is 6.64. The number of aromatic nitrogens is 1. The second kappa shape index (κ2) is 8.88. The van der Waals surface area contributed by atoms with Crippen LogP contribution in [0.15, 0.2) is 54.6 Å². The molecule has 0 atom stereocenters. The van der Waals surface area contributed by atoms with E-state index >= 15 is 0 Å². The van der Waals surface area contributed by atoms with E-state index in [1.807, 2.05) is 45.1 Å². The minimum Gasteiger partial charge on any atom is -0.438 e. The van der Waals surface area contributed by atoms with E-state index in [4.69, 9.17) is 11.3 Å². The molecule has 0 unspecified atom stereocenters. The summed E-state index contributed by atoms with van der Waals surface area (Å²) in [4.78, 5) is 18.6. The molecule has 1 N–H and O–H groups in total. The number of nitrogens with one attached hydrogen (secondary N) is 1. The quantitative estimate of drug-likeness (QED) is 0.282. The fourth-order valence-corrected chi connectivity index (χ4v) is 3.02. The number of ether oxygens (including phenoxy) is 1. The summed E-state index contributed by atoms with van der Waals surface area (Å²) in [6, 6.07) is 13.4. The van der Waals surface area contributed by atoms with E-state index in [0.29, 0.717) is 17.1 Å². The molecule has 0 fully saturated rings. The Morgan fingerprint density at radius 2 is 1.80 bits per heavy atom. The molecule has 30 heavy (non-hydrogen) atoms. The topological polar surface area (TPSA) is 81.7 Å². The van der Waals surface area contributed by atoms with Crippen molar-refractivity contribution in [1.29, 1.82) is 0 Å². The summed E-state index contributed by atoms with van der Waals surface area (Å²) < 4.78 is 5.99. The van der Waals surface area contributed by atoms with Crippen LogP contribution >= 0.6 is 0 Å². The van der Waals surface area contributed by atoms with Gasteiger partial charge < -0.3 is 10.1 Å². The van der Waals surface area contributed by atoms with Gasteiger partial charge in [-0.25, -0.2) is 4.85 Å². The normalized spacial score (nSPS) is 10.6. The first-order valence-electron chi connectivity index (χ1n) is 9.23. The minimum atomic E-state index is -0.505. The van der Waals surface area contributed by atoms with Crippen molar-refractivity contribution < 1.29 is 9.66 Å². The number of benzene rings is 2. The van der Waals surface area contributed by atoms with Gasteiger partial charge in [0.25, 0.3) is 0 Å². The molecule has 0 amide bonds. The summed E-state index contributed by atoms with van der Waals surface area (Å²) in [6.07, 6.45) is 3.98. The van der Waals surface area contributed by atoms with E-state index in [-0.39, 0.29) is 17.4 Å². The fourth-order valence-electron chi connectivity index (χ4n) is 3.02. The molecular weight excluding hydrogens is 380 g/mol. The molecule has 150 valence electrons. The number of rotatable bonds is 6. The van der Waals surface area contributed by atoms with Gasteiger partial charge in [0.1, 0.15) is 5.75 Å². The summed E-state index contributed by atoms with van der Waals surface area (Å²) >= 11 is 0. The lowest BCUT2D eigenvalue weighted by Crippen LogP contribution is -2.01. The number of allylic oxidation sites excluding steroid dienone is 1. The lowest BCUT2D eigenvalue weighted by Gasteiger charge is -2.13. The van der Waals surface area contributed by atoms with E-state index in [2.05, 4.69) is 15.1 Å². The first-order valence-corrected chi connectivity index (χ1v) is 9.23. The number of nitro groups is 1. The summed E-state index contributed by atoms with van der Waals surface area (Å²) in [5.74, 6) is 0.969. The molecule has 0 saturated carbocycles. The zero-order valence-electron chi connectivity index (χ0n) is 16.8. The van der Waals surface area contributed by atoms with Crippen LogP contribution in [0.2, 0.25) is 0 Å². The Labute approximate surface area is 174 Å². The number of pyridine rings is 1. The van der Waals surface area contributed by atoms with E-state index < -0.39 is 4.92 Å². The van der Waals surface area contributed by atoms with Gasteiger partial charge in [-0.3, -0.25) is 10.1 Å².